The highest BCUT2D eigenvalue weighted by atomic mass is 79.9. The Morgan fingerprint density at radius 1 is 1.15 bits per heavy atom. The number of ether oxygens (including phenoxy) is 2. The lowest BCUT2D eigenvalue weighted by Crippen LogP contribution is -2.15. The number of carbonyl (C=O) groups excluding carboxylic acids is 1. The number of carbonyl (C=O) groups is 1. The molecule has 3 rings (SSSR count). The van der Waals surface area contributed by atoms with E-state index in [9.17, 15) is 4.79 Å². The van der Waals surface area contributed by atoms with Crippen LogP contribution in [0.5, 0.6) is 11.5 Å². The van der Waals surface area contributed by atoms with E-state index in [0.717, 1.165) is 4.47 Å². The molecule has 0 spiro atoms. The smallest absolute Gasteiger partial charge is 0.280 e. The molecule has 2 aromatic carbocycles. The van der Waals surface area contributed by atoms with Gasteiger partial charge >= 0.3 is 0 Å². The summed E-state index contributed by atoms with van der Waals surface area (Å²) in [5, 5.41) is 10.6. The molecule has 8 nitrogen and oxygen atoms in total. The van der Waals surface area contributed by atoms with Crippen LogP contribution in [0.25, 0.3) is 5.69 Å². The Labute approximate surface area is 158 Å². The van der Waals surface area contributed by atoms with Gasteiger partial charge in [-0.2, -0.15) is 4.68 Å². The molecule has 1 amide bonds. The number of hydrogen-bond acceptors (Lipinski definition) is 6. The topological polar surface area (TPSA) is 104 Å². The molecule has 26 heavy (non-hydrogen) atoms. The van der Waals surface area contributed by atoms with E-state index in [1.165, 1.54) is 11.8 Å². The summed E-state index contributed by atoms with van der Waals surface area (Å²) in [7, 11) is 3.08. The van der Waals surface area contributed by atoms with Crippen LogP contribution in [0.15, 0.2) is 46.9 Å². The number of anilines is 2. The number of aromatic nitrogens is 3. The van der Waals surface area contributed by atoms with Crippen molar-refractivity contribution < 1.29 is 14.3 Å². The maximum absolute atomic E-state index is 12.4. The molecule has 0 aliphatic heterocycles. The minimum absolute atomic E-state index is 0.0276. The lowest BCUT2D eigenvalue weighted by Gasteiger charge is -2.10. The Bertz CT molecular complexity index is 957. The molecule has 0 radical (unpaired) electrons. The molecule has 3 N–H and O–H groups in total. The SMILES string of the molecule is COc1ccc(-n2nnc(C(=O)Nc3cccc(Br)c3)c2N)cc1OC. The first kappa shape index (κ1) is 17.7. The highest BCUT2D eigenvalue weighted by Crippen LogP contribution is 2.30. The van der Waals surface area contributed by atoms with Crippen LogP contribution in [0.4, 0.5) is 11.5 Å². The largest absolute Gasteiger partial charge is 0.493 e. The normalized spacial score (nSPS) is 10.4. The van der Waals surface area contributed by atoms with Crippen LogP contribution >= 0.6 is 15.9 Å². The van der Waals surface area contributed by atoms with Gasteiger partial charge in [-0.1, -0.05) is 27.2 Å². The first-order valence-corrected chi connectivity index (χ1v) is 8.33. The summed E-state index contributed by atoms with van der Waals surface area (Å²) in [6.07, 6.45) is 0. The van der Waals surface area contributed by atoms with Gasteiger partial charge in [0.2, 0.25) is 0 Å². The fraction of sp³-hybridized carbons (Fsp3) is 0.118. The van der Waals surface area contributed by atoms with Gasteiger partial charge in [-0.25, -0.2) is 0 Å². The highest BCUT2D eigenvalue weighted by molar-refractivity contribution is 9.10. The van der Waals surface area contributed by atoms with Crippen LogP contribution in [0.2, 0.25) is 0 Å². The van der Waals surface area contributed by atoms with Crippen LogP contribution in [0.3, 0.4) is 0 Å². The molecule has 9 heteroatoms. The summed E-state index contributed by atoms with van der Waals surface area (Å²) in [5.74, 6) is 0.750. The maximum Gasteiger partial charge on any atom is 0.280 e. The van der Waals surface area contributed by atoms with Gasteiger partial charge in [-0.3, -0.25) is 4.79 Å². The molecule has 0 aliphatic carbocycles. The third-order valence-corrected chi connectivity index (χ3v) is 4.11. The molecular weight excluding hydrogens is 402 g/mol. The molecule has 1 heterocycles. The zero-order valence-electron chi connectivity index (χ0n) is 14.1. The first-order valence-electron chi connectivity index (χ1n) is 7.54. The predicted octanol–water partition coefficient (Wildman–Crippen LogP) is 2.88. The number of hydrogen-bond donors (Lipinski definition) is 2. The number of methoxy groups -OCH3 is 2. The van der Waals surface area contributed by atoms with E-state index < -0.39 is 5.91 Å². The van der Waals surface area contributed by atoms with Gasteiger partial charge < -0.3 is 20.5 Å². The van der Waals surface area contributed by atoms with Crippen LogP contribution in [0, 0.1) is 0 Å². The predicted molar refractivity (Wildman–Crippen MR) is 101 cm³/mol. The zero-order chi connectivity index (χ0) is 18.7. The number of rotatable bonds is 5. The Morgan fingerprint density at radius 2 is 1.92 bits per heavy atom. The van der Waals surface area contributed by atoms with Crippen molar-refractivity contribution >= 4 is 33.3 Å². The van der Waals surface area contributed by atoms with Crippen LogP contribution < -0.4 is 20.5 Å². The van der Waals surface area contributed by atoms with Gasteiger partial charge in [0, 0.05) is 16.2 Å². The summed E-state index contributed by atoms with van der Waals surface area (Å²) in [6, 6.07) is 12.4. The van der Waals surface area contributed by atoms with Crippen LogP contribution in [0.1, 0.15) is 10.5 Å². The van der Waals surface area contributed by atoms with Crippen molar-refractivity contribution in [2.75, 3.05) is 25.3 Å². The summed E-state index contributed by atoms with van der Waals surface area (Å²) < 4.78 is 12.7. The minimum Gasteiger partial charge on any atom is -0.493 e. The monoisotopic (exact) mass is 417 g/mol. The molecular formula is C17H16BrN5O3. The Balaban J connectivity index is 1.89. The summed E-state index contributed by atoms with van der Waals surface area (Å²) in [6.45, 7) is 0. The fourth-order valence-electron chi connectivity index (χ4n) is 2.35. The summed E-state index contributed by atoms with van der Waals surface area (Å²) >= 11 is 3.35. The molecule has 0 aliphatic rings. The number of nitrogens with two attached hydrogens (primary N) is 1. The number of amides is 1. The van der Waals surface area contributed by atoms with Gasteiger partial charge in [0.15, 0.2) is 23.0 Å². The average Bonchev–Trinajstić information content (AvgIpc) is 3.02. The van der Waals surface area contributed by atoms with Crippen molar-refractivity contribution in [2.45, 2.75) is 0 Å². The lowest BCUT2D eigenvalue weighted by atomic mass is 10.2. The second kappa shape index (κ2) is 7.44. The van der Waals surface area contributed by atoms with E-state index in [2.05, 4.69) is 31.6 Å². The second-order valence-corrected chi connectivity index (χ2v) is 6.15. The molecule has 3 aromatic rings. The van der Waals surface area contributed by atoms with Crippen LogP contribution in [-0.4, -0.2) is 35.1 Å². The van der Waals surface area contributed by atoms with Crippen molar-refractivity contribution in [1.82, 2.24) is 15.0 Å². The lowest BCUT2D eigenvalue weighted by molar-refractivity contribution is 0.102. The summed E-state index contributed by atoms with van der Waals surface area (Å²) in [4.78, 5) is 12.4. The van der Waals surface area contributed by atoms with E-state index in [1.54, 1.807) is 37.4 Å². The van der Waals surface area contributed by atoms with Gasteiger partial charge in [0.25, 0.3) is 5.91 Å². The quantitative estimate of drug-likeness (QED) is 0.661. The first-order chi connectivity index (χ1) is 12.5. The molecule has 0 saturated carbocycles. The van der Waals surface area contributed by atoms with Crippen LogP contribution in [-0.2, 0) is 0 Å². The number of benzene rings is 2. The molecule has 134 valence electrons. The number of nitrogens with zero attached hydrogens (tertiary/aromatic N) is 3. The molecule has 1 aromatic heterocycles. The van der Waals surface area contributed by atoms with Crippen molar-refractivity contribution in [3.8, 4) is 17.2 Å². The molecule has 0 unspecified atom stereocenters. The van der Waals surface area contributed by atoms with Crippen molar-refractivity contribution in [3.63, 3.8) is 0 Å². The third kappa shape index (κ3) is 3.47. The van der Waals surface area contributed by atoms with E-state index in [-0.39, 0.29) is 11.5 Å². The number of nitrogen functional groups attached to an aromatic ring is 1. The standard InChI is InChI=1S/C17H16BrN5O3/c1-25-13-7-6-12(9-14(13)26-2)23-16(19)15(21-22-23)17(24)20-11-5-3-4-10(18)8-11/h3-9H,19H2,1-2H3,(H,20,24). The maximum atomic E-state index is 12.4. The van der Waals surface area contributed by atoms with Gasteiger partial charge in [0.05, 0.1) is 19.9 Å². The number of nitrogens with one attached hydrogen (secondary N) is 1. The van der Waals surface area contributed by atoms with Crippen molar-refractivity contribution in [1.29, 1.82) is 0 Å². The average molecular weight is 418 g/mol. The number of halogens is 1. The Hall–Kier alpha value is -3.07. The Morgan fingerprint density at radius 3 is 2.62 bits per heavy atom. The zero-order valence-corrected chi connectivity index (χ0v) is 15.6. The van der Waals surface area contributed by atoms with E-state index >= 15 is 0 Å². The van der Waals surface area contributed by atoms with Crippen molar-refractivity contribution in [3.05, 3.63) is 52.6 Å². The minimum atomic E-state index is -0.452. The Kier molecular flexibility index (Phi) is 5.08. The van der Waals surface area contributed by atoms with E-state index in [1.807, 2.05) is 12.1 Å². The van der Waals surface area contributed by atoms with E-state index in [0.29, 0.717) is 22.9 Å². The fourth-order valence-corrected chi connectivity index (χ4v) is 2.75. The van der Waals surface area contributed by atoms with Gasteiger partial charge in [-0.05, 0) is 30.3 Å². The van der Waals surface area contributed by atoms with Gasteiger partial charge in [0.1, 0.15) is 0 Å². The van der Waals surface area contributed by atoms with Crippen molar-refractivity contribution in [2.24, 2.45) is 0 Å². The molecule has 0 atom stereocenters. The van der Waals surface area contributed by atoms with E-state index in [4.69, 9.17) is 15.2 Å². The molecule has 0 bridgehead atoms. The van der Waals surface area contributed by atoms with Gasteiger partial charge in [-0.15, -0.1) is 5.10 Å². The second-order valence-electron chi connectivity index (χ2n) is 5.24. The highest BCUT2D eigenvalue weighted by Gasteiger charge is 2.19. The third-order valence-electron chi connectivity index (χ3n) is 3.61. The molecule has 0 fully saturated rings. The molecule has 0 saturated heterocycles. The summed E-state index contributed by atoms with van der Waals surface area (Å²) in [5.41, 5.74) is 7.31.